The Morgan fingerprint density at radius 3 is 1.09 bits per heavy atom. The van der Waals surface area contributed by atoms with Crippen molar-refractivity contribution >= 4 is 19.8 Å². The van der Waals surface area contributed by atoms with Crippen LogP contribution in [-0.4, -0.2) is 49.3 Å². The number of phosphoric acid groups is 1. The lowest BCUT2D eigenvalue weighted by molar-refractivity contribution is -0.161. The number of hydrogen-bond donors (Lipinski definition) is 2. The van der Waals surface area contributed by atoms with Crippen LogP contribution in [0.3, 0.4) is 0 Å². The molecule has 0 heterocycles. The molecule has 0 spiro atoms. The van der Waals surface area contributed by atoms with Gasteiger partial charge in [-0.3, -0.25) is 18.6 Å². The van der Waals surface area contributed by atoms with E-state index in [-0.39, 0.29) is 32.6 Å². The number of ether oxygens (including phenoxy) is 2. The zero-order valence-electron chi connectivity index (χ0n) is 48.3. The van der Waals surface area contributed by atoms with E-state index in [9.17, 15) is 19.0 Å². The molecule has 9 nitrogen and oxygen atoms in total. The molecule has 10 heteroatoms. The second-order valence-corrected chi connectivity index (χ2v) is 21.7. The molecule has 75 heavy (non-hydrogen) atoms. The van der Waals surface area contributed by atoms with Crippen molar-refractivity contribution in [3.63, 3.8) is 0 Å². The zero-order valence-corrected chi connectivity index (χ0v) is 49.2. The van der Waals surface area contributed by atoms with E-state index in [0.29, 0.717) is 6.42 Å². The van der Waals surface area contributed by atoms with Crippen LogP contribution in [0.4, 0.5) is 0 Å². The predicted molar refractivity (Wildman–Crippen MR) is 321 cm³/mol. The number of rotatable bonds is 57. The summed E-state index contributed by atoms with van der Waals surface area (Å²) in [5.74, 6) is -0.875. The molecule has 0 aliphatic rings. The van der Waals surface area contributed by atoms with Gasteiger partial charge in [-0.25, -0.2) is 4.57 Å². The van der Waals surface area contributed by atoms with Crippen molar-refractivity contribution in [1.29, 1.82) is 0 Å². The van der Waals surface area contributed by atoms with Gasteiger partial charge in [0.25, 0.3) is 0 Å². The molecule has 432 valence electrons. The number of nitrogens with two attached hydrogens (primary N) is 1. The van der Waals surface area contributed by atoms with Crippen LogP contribution in [-0.2, 0) is 32.7 Å². The number of hydrogen-bond acceptors (Lipinski definition) is 8. The minimum atomic E-state index is -4.41. The summed E-state index contributed by atoms with van der Waals surface area (Å²) in [5, 5.41) is 0. The van der Waals surface area contributed by atoms with Gasteiger partial charge in [-0.15, -0.1) is 0 Å². The molecule has 0 aromatic rings. The van der Waals surface area contributed by atoms with E-state index in [1.54, 1.807) is 0 Å². The first-order valence-corrected chi connectivity index (χ1v) is 32.2. The van der Waals surface area contributed by atoms with Gasteiger partial charge in [0.1, 0.15) is 6.61 Å². The molecule has 0 bridgehead atoms. The highest BCUT2D eigenvalue weighted by Crippen LogP contribution is 2.43. The molecule has 2 atom stereocenters. The molecule has 0 aliphatic heterocycles. The van der Waals surface area contributed by atoms with E-state index >= 15 is 0 Å². The van der Waals surface area contributed by atoms with Gasteiger partial charge < -0.3 is 20.1 Å². The summed E-state index contributed by atoms with van der Waals surface area (Å²) in [6.07, 6.45) is 80.5. The van der Waals surface area contributed by atoms with Gasteiger partial charge in [0.05, 0.1) is 13.2 Å². The van der Waals surface area contributed by atoms with Gasteiger partial charge in [-0.1, -0.05) is 278 Å². The first-order valence-electron chi connectivity index (χ1n) is 30.7. The quantitative estimate of drug-likeness (QED) is 0.0264. The predicted octanol–water partition coefficient (Wildman–Crippen LogP) is 19.6. The smallest absolute Gasteiger partial charge is 0.462 e. The van der Waals surface area contributed by atoms with Crippen molar-refractivity contribution in [2.75, 3.05) is 26.4 Å². The third-order valence-corrected chi connectivity index (χ3v) is 14.0. The number of carbonyl (C=O) groups excluding carboxylic acids is 2. The van der Waals surface area contributed by atoms with Crippen molar-refractivity contribution in [3.8, 4) is 0 Å². The first kappa shape index (κ1) is 71.9. The monoisotopic (exact) mass is 1070 g/mol. The molecule has 0 aliphatic carbocycles. The van der Waals surface area contributed by atoms with Gasteiger partial charge in [-0.05, 0) is 77.0 Å². The number of esters is 2. The van der Waals surface area contributed by atoms with Gasteiger partial charge in [0, 0.05) is 19.4 Å². The second-order valence-electron chi connectivity index (χ2n) is 20.2. The van der Waals surface area contributed by atoms with Crippen LogP contribution >= 0.6 is 7.82 Å². The van der Waals surface area contributed by atoms with Crippen LogP contribution in [0.1, 0.15) is 271 Å². The van der Waals surface area contributed by atoms with Gasteiger partial charge >= 0.3 is 19.8 Å². The fourth-order valence-electron chi connectivity index (χ4n) is 8.48. The Morgan fingerprint density at radius 1 is 0.413 bits per heavy atom. The lowest BCUT2D eigenvalue weighted by Crippen LogP contribution is -2.29. The van der Waals surface area contributed by atoms with Gasteiger partial charge in [0.15, 0.2) is 6.10 Å². The molecule has 0 saturated heterocycles. The fraction of sp³-hybridized carbons (Fsp3) is 0.723. The summed E-state index contributed by atoms with van der Waals surface area (Å²) in [6.45, 7) is 3.60. The van der Waals surface area contributed by atoms with Crippen LogP contribution in [0.25, 0.3) is 0 Å². The average Bonchev–Trinajstić information content (AvgIpc) is 3.40. The maximum Gasteiger partial charge on any atom is 0.472 e. The Balaban J connectivity index is 4.03. The molecular formula is C65H114NO8P. The summed E-state index contributed by atoms with van der Waals surface area (Å²) in [7, 11) is -4.41. The minimum Gasteiger partial charge on any atom is -0.462 e. The number of unbranched alkanes of at least 4 members (excludes halogenated alkanes) is 28. The maximum atomic E-state index is 12.7. The van der Waals surface area contributed by atoms with Crippen molar-refractivity contribution in [1.82, 2.24) is 0 Å². The summed E-state index contributed by atoms with van der Waals surface area (Å²) in [5.41, 5.74) is 5.38. The van der Waals surface area contributed by atoms with Crippen LogP contribution < -0.4 is 5.73 Å². The third kappa shape index (κ3) is 60.0. The molecule has 0 aromatic heterocycles. The Labute approximate surface area is 461 Å². The Morgan fingerprint density at radius 2 is 0.733 bits per heavy atom. The Hall–Kier alpha value is -3.07. The van der Waals surface area contributed by atoms with Crippen LogP contribution in [0, 0.1) is 0 Å². The molecule has 3 N–H and O–H groups in total. The lowest BCUT2D eigenvalue weighted by atomic mass is 10.0. The van der Waals surface area contributed by atoms with Crippen molar-refractivity contribution in [2.24, 2.45) is 5.73 Å². The summed E-state index contributed by atoms with van der Waals surface area (Å²) in [4.78, 5) is 35.2. The van der Waals surface area contributed by atoms with Gasteiger partial charge in [0.2, 0.25) is 0 Å². The minimum absolute atomic E-state index is 0.0422. The highest BCUT2D eigenvalue weighted by molar-refractivity contribution is 7.47. The topological polar surface area (TPSA) is 134 Å². The van der Waals surface area contributed by atoms with E-state index in [0.717, 1.165) is 83.5 Å². The van der Waals surface area contributed by atoms with Crippen molar-refractivity contribution < 1.29 is 37.6 Å². The van der Waals surface area contributed by atoms with E-state index < -0.39 is 32.5 Å². The van der Waals surface area contributed by atoms with E-state index in [1.165, 1.54) is 154 Å². The number of phosphoric ester groups is 1. The highest BCUT2D eigenvalue weighted by atomic mass is 31.2. The summed E-state index contributed by atoms with van der Waals surface area (Å²) >= 11 is 0. The third-order valence-electron chi connectivity index (χ3n) is 13.0. The molecule has 0 radical (unpaired) electrons. The number of allylic oxidation sites excluding steroid dienone is 16. The average molecular weight is 1070 g/mol. The maximum absolute atomic E-state index is 12.7. The molecule has 0 aromatic carbocycles. The van der Waals surface area contributed by atoms with Crippen LogP contribution in [0.5, 0.6) is 0 Å². The Bertz CT molecular complexity index is 1550. The van der Waals surface area contributed by atoms with E-state index in [2.05, 4.69) is 111 Å². The normalized spacial score (nSPS) is 13.7. The molecule has 0 rings (SSSR count). The van der Waals surface area contributed by atoms with Crippen molar-refractivity contribution in [2.45, 2.75) is 277 Å². The first-order chi connectivity index (χ1) is 36.8. The molecule has 0 amide bonds. The highest BCUT2D eigenvalue weighted by Gasteiger charge is 2.26. The molecule has 2 unspecified atom stereocenters. The molecule has 0 saturated carbocycles. The van der Waals surface area contributed by atoms with Crippen molar-refractivity contribution in [3.05, 3.63) is 97.2 Å². The fourth-order valence-corrected chi connectivity index (χ4v) is 9.24. The Kier molecular flexibility index (Phi) is 57.7. The van der Waals surface area contributed by atoms with Gasteiger partial charge in [-0.2, -0.15) is 0 Å². The number of carbonyl (C=O) groups is 2. The second kappa shape index (κ2) is 60.2. The van der Waals surface area contributed by atoms with Crippen LogP contribution in [0.15, 0.2) is 97.2 Å². The van der Waals surface area contributed by atoms with E-state index in [1.807, 2.05) is 0 Å². The zero-order chi connectivity index (χ0) is 54.5. The largest absolute Gasteiger partial charge is 0.472 e. The van der Waals surface area contributed by atoms with E-state index in [4.69, 9.17) is 24.3 Å². The summed E-state index contributed by atoms with van der Waals surface area (Å²) in [6, 6.07) is 0. The SMILES string of the molecule is CC/C=C\C/C=C\C/C=C\C/C=C\C/C=C\C/C=C\C/C=C\C/C=C\CCCCC(=O)OC(COC(=O)CCCCCCCCCCCCCCCCCCCCCCCCCCCCC)COP(=O)(O)OCCN. The van der Waals surface area contributed by atoms with Crippen LogP contribution in [0.2, 0.25) is 0 Å². The lowest BCUT2D eigenvalue weighted by Gasteiger charge is -2.19. The summed E-state index contributed by atoms with van der Waals surface area (Å²) < 4.78 is 33.0. The molecule has 0 fully saturated rings. The standard InChI is InChI=1S/C65H114NO8P/c1-3-5-7-9-11-13-15-17-19-21-23-25-27-29-31-33-35-37-39-41-43-45-47-49-51-53-55-57-64(67)71-61-63(62-73-75(69,70)72-60-59-66)74-65(68)58-56-54-52-50-48-46-44-42-40-38-36-34-32-30-28-26-24-22-20-18-16-14-12-10-8-6-4-2/h6,8,12,14,18,20,24,26,30,32,36,38,42,44,48,50,63H,3-5,7,9-11,13,15-17,19,21-23,25,27-29,31,33-35,37,39-41,43,45-47,49,51-62,66H2,1-2H3,(H,69,70)/b8-6-,14-12-,20-18-,26-24-,32-30-,38-36-,44-42-,50-48-. The molecular weight excluding hydrogens is 954 g/mol.